The number of hydrogen-bond acceptors (Lipinski definition) is 2. The summed E-state index contributed by atoms with van der Waals surface area (Å²) < 4.78 is 5.22. The van der Waals surface area contributed by atoms with Crippen molar-refractivity contribution in [3.63, 3.8) is 0 Å². The number of aromatic amines is 1. The van der Waals surface area contributed by atoms with E-state index in [0.29, 0.717) is 18.8 Å². The first-order chi connectivity index (χ1) is 9.20. The second kappa shape index (κ2) is 6.38. The Morgan fingerprint density at radius 2 is 2.21 bits per heavy atom. The molecule has 0 aliphatic heterocycles. The van der Waals surface area contributed by atoms with Crippen LogP contribution in [0.25, 0.3) is 10.9 Å². The lowest BCUT2D eigenvalue weighted by Crippen LogP contribution is -2.25. The fourth-order valence-corrected chi connectivity index (χ4v) is 1.98. The maximum Gasteiger partial charge on any atom is 0.267 e. The van der Waals surface area contributed by atoms with E-state index in [1.165, 1.54) is 5.56 Å². The van der Waals surface area contributed by atoms with Gasteiger partial charge in [0, 0.05) is 30.7 Å². The minimum atomic E-state index is -0.0645. The second-order valence-electron chi connectivity index (χ2n) is 4.58. The Balaban J connectivity index is 1.94. The zero-order valence-corrected chi connectivity index (χ0v) is 11.5. The van der Waals surface area contributed by atoms with Gasteiger partial charge in [0.15, 0.2) is 0 Å². The van der Waals surface area contributed by atoms with Gasteiger partial charge in [0.25, 0.3) is 5.91 Å². The number of nitrogens with one attached hydrogen (secondary N) is 2. The number of aromatic nitrogens is 1. The average molecular weight is 260 g/mol. The summed E-state index contributed by atoms with van der Waals surface area (Å²) >= 11 is 0. The molecule has 4 nitrogen and oxygen atoms in total. The number of H-pyrrole nitrogens is 1. The maximum absolute atomic E-state index is 11.9. The Morgan fingerprint density at radius 3 is 3.00 bits per heavy atom. The SMILES string of the molecule is CCOCCCNC(=O)c1cc2ccc(C)cc2[nH]1. The number of benzene rings is 1. The highest BCUT2D eigenvalue weighted by molar-refractivity contribution is 5.98. The second-order valence-corrected chi connectivity index (χ2v) is 4.58. The number of carbonyl (C=O) groups is 1. The fourth-order valence-electron chi connectivity index (χ4n) is 1.98. The van der Waals surface area contributed by atoms with Gasteiger partial charge in [-0.25, -0.2) is 0 Å². The van der Waals surface area contributed by atoms with Crippen LogP contribution in [0.3, 0.4) is 0 Å². The molecule has 0 fully saturated rings. The molecule has 0 radical (unpaired) electrons. The Morgan fingerprint density at radius 1 is 1.37 bits per heavy atom. The zero-order chi connectivity index (χ0) is 13.7. The summed E-state index contributed by atoms with van der Waals surface area (Å²) in [5.41, 5.74) is 2.79. The molecule has 0 saturated carbocycles. The van der Waals surface area contributed by atoms with Crippen molar-refractivity contribution in [1.29, 1.82) is 0 Å². The third-order valence-corrected chi connectivity index (χ3v) is 2.98. The van der Waals surface area contributed by atoms with Crippen LogP contribution in [-0.2, 0) is 4.74 Å². The third-order valence-electron chi connectivity index (χ3n) is 2.98. The molecule has 1 aromatic carbocycles. The summed E-state index contributed by atoms with van der Waals surface area (Å²) in [6.45, 7) is 6.03. The highest BCUT2D eigenvalue weighted by Gasteiger charge is 2.08. The van der Waals surface area contributed by atoms with Gasteiger partial charge in [-0.1, -0.05) is 12.1 Å². The van der Waals surface area contributed by atoms with Crippen LogP contribution in [0.1, 0.15) is 29.4 Å². The van der Waals surface area contributed by atoms with Gasteiger partial charge in [-0.3, -0.25) is 4.79 Å². The number of ether oxygens (including phenoxy) is 1. The Hall–Kier alpha value is -1.81. The quantitative estimate of drug-likeness (QED) is 0.784. The van der Waals surface area contributed by atoms with Gasteiger partial charge in [-0.15, -0.1) is 0 Å². The molecule has 0 aliphatic rings. The molecule has 0 atom stereocenters. The normalized spacial score (nSPS) is 10.8. The standard InChI is InChI=1S/C15H20N2O2/c1-3-19-8-4-7-16-15(18)14-10-12-6-5-11(2)9-13(12)17-14/h5-6,9-10,17H,3-4,7-8H2,1-2H3,(H,16,18). The average Bonchev–Trinajstić information content (AvgIpc) is 2.81. The summed E-state index contributed by atoms with van der Waals surface area (Å²) in [5, 5.41) is 3.94. The van der Waals surface area contributed by atoms with Gasteiger partial charge in [0.1, 0.15) is 5.69 Å². The fraction of sp³-hybridized carbons (Fsp3) is 0.400. The van der Waals surface area contributed by atoms with Crippen molar-refractivity contribution in [1.82, 2.24) is 10.3 Å². The van der Waals surface area contributed by atoms with Gasteiger partial charge in [-0.05, 0) is 38.0 Å². The summed E-state index contributed by atoms with van der Waals surface area (Å²) in [6, 6.07) is 7.99. The summed E-state index contributed by atoms with van der Waals surface area (Å²) in [6.07, 6.45) is 0.832. The summed E-state index contributed by atoms with van der Waals surface area (Å²) in [4.78, 5) is 15.1. The minimum Gasteiger partial charge on any atom is -0.382 e. The van der Waals surface area contributed by atoms with Crippen molar-refractivity contribution >= 4 is 16.8 Å². The molecule has 2 aromatic rings. The molecule has 0 saturated heterocycles. The van der Waals surface area contributed by atoms with Crippen LogP contribution >= 0.6 is 0 Å². The lowest BCUT2D eigenvalue weighted by Gasteiger charge is -2.03. The van der Waals surface area contributed by atoms with E-state index in [-0.39, 0.29) is 5.91 Å². The zero-order valence-electron chi connectivity index (χ0n) is 11.5. The van der Waals surface area contributed by atoms with Gasteiger partial charge in [0.2, 0.25) is 0 Å². The van der Waals surface area contributed by atoms with E-state index in [1.54, 1.807) is 0 Å². The molecule has 1 amide bonds. The molecule has 1 heterocycles. The van der Waals surface area contributed by atoms with Gasteiger partial charge in [0.05, 0.1) is 0 Å². The smallest absolute Gasteiger partial charge is 0.267 e. The van der Waals surface area contributed by atoms with E-state index in [4.69, 9.17) is 4.74 Å². The highest BCUT2D eigenvalue weighted by Crippen LogP contribution is 2.16. The Labute approximate surface area is 113 Å². The molecule has 102 valence electrons. The Bertz CT molecular complexity index is 560. The van der Waals surface area contributed by atoms with Crippen molar-refractivity contribution in [2.75, 3.05) is 19.8 Å². The molecule has 2 N–H and O–H groups in total. The molecular formula is C15H20N2O2. The maximum atomic E-state index is 11.9. The van der Waals surface area contributed by atoms with Crippen molar-refractivity contribution in [2.45, 2.75) is 20.3 Å². The summed E-state index contributed by atoms with van der Waals surface area (Å²) in [5.74, 6) is -0.0645. The Kier molecular flexibility index (Phi) is 4.58. The number of fused-ring (bicyclic) bond motifs is 1. The van der Waals surface area contributed by atoms with Crippen LogP contribution in [0.4, 0.5) is 0 Å². The van der Waals surface area contributed by atoms with Gasteiger partial charge < -0.3 is 15.0 Å². The minimum absolute atomic E-state index is 0.0645. The molecule has 0 spiro atoms. The first-order valence-corrected chi connectivity index (χ1v) is 6.66. The lowest BCUT2D eigenvalue weighted by molar-refractivity contribution is 0.0940. The highest BCUT2D eigenvalue weighted by atomic mass is 16.5. The molecule has 19 heavy (non-hydrogen) atoms. The molecular weight excluding hydrogens is 240 g/mol. The molecule has 4 heteroatoms. The van der Waals surface area contributed by atoms with Crippen LogP contribution in [0.2, 0.25) is 0 Å². The van der Waals surface area contributed by atoms with Crippen LogP contribution in [0, 0.1) is 6.92 Å². The number of rotatable bonds is 6. The van der Waals surface area contributed by atoms with Crippen LogP contribution in [-0.4, -0.2) is 30.6 Å². The van der Waals surface area contributed by atoms with Gasteiger partial charge >= 0.3 is 0 Å². The van der Waals surface area contributed by atoms with E-state index < -0.39 is 0 Å². The van der Waals surface area contributed by atoms with Gasteiger partial charge in [-0.2, -0.15) is 0 Å². The number of aryl methyl sites for hydroxylation is 1. The monoisotopic (exact) mass is 260 g/mol. The number of carbonyl (C=O) groups excluding carboxylic acids is 1. The topological polar surface area (TPSA) is 54.1 Å². The van der Waals surface area contributed by atoms with Crippen molar-refractivity contribution in [3.8, 4) is 0 Å². The molecule has 2 rings (SSSR count). The lowest BCUT2D eigenvalue weighted by atomic mass is 10.2. The van der Waals surface area contributed by atoms with Crippen LogP contribution in [0.5, 0.6) is 0 Å². The van der Waals surface area contributed by atoms with E-state index >= 15 is 0 Å². The predicted octanol–water partition coefficient (Wildman–Crippen LogP) is 2.63. The van der Waals surface area contributed by atoms with Crippen LogP contribution in [0.15, 0.2) is 24.3 Å². The first-order valence-electron chi connectivity index (χ1n) is 6.66. The molecule has 0 aliphatic carbocycles. The van der Waals surface area contributed by atoms with Crippen molar-refractivity contribution in [3.05, 3.63) is 35.5 Å². The summed E-state index contributed by atoms with van der Waals surface area (Å²) in [7, 11) is 0. The predicted molar refractivity (Wildman–Crippen MR) is 76.5 cm³/mol. The van der Waals surface area contributed by atoms with Crippen LogP contribution < -0.4 is 5.32 Å². The largest absolute Gasteiger partial charge is 0.382 e. The molecule has 0 unspecified atom stereocenters. The number of amides is 1. The van der Waals surface area contributed by atoms with E-state index in [1.807, 2.05) is 38.1 Å². The van der Waals surface area contributed by atoms with E-state index in [0.717, 1.165) is 23.9 Å². The van der Waals surface area contributed by atoms with E-state index in [2.05, 4.69) is 10.3 Å². The van der Waals surface area contributed by atoms with Crippen molar-refractivity contribution < 1.29 is 9.53 Å². The third kappa shape index (κ3) is 3.58. The molecule has 0 bridgehead atoms. The first kappa shape index (κ1) is 13.6. The molecule has 1 aromatic heterocycles. The van der Waals surface area contributed by atoms with E-state index in [9.17, 15) is 4.79 Å². The van der Waals surface area contributed by atoms with Crippen molar-refractivity contribution in [2.24, 2.45) is 0 Å². The number of hydrogen-bond donors (Lipinski definition) is 2.